The Balaban J connectivity index is 1.54. The molecular formula is C28H33ClF2N2O. The molecule has 182 valence electrons. The van der Waals surface area contributed by atoms with Gasteiger partial charge in [-0.2, -0.15) is 0 Å². The van der Waals surface area contributed by atoms with Crippen molar-refractivity contribution in [3.05, 3.63) is 53.1 Å². The molecule has 0 unspecified atom stereocenters. The monoisotopic (exact) mass is 486 g/mol. The third kappa shape index (κ3) is 5.16. The first kappa shape index (κ1) is 23.7. The average Bonchev–Trinajstić information content (AvgIpc) is 3.21. The van der Waals surface area contributed by atoms with Crippen molar-refractivity contribution >= 4 is 22.6 Å². The zero-order valence-corrected chi connectivity index (χ0v) is 20.4. The second-order valence-corrected chi connectivity index (χ2v) is 10.5. The van der Waals surface area contributed by atoms with E-state index in [1.165, 1.54) is 63.5 Å². The lowest BCUT2D eigenvalue weighted by atomic mass is 9.83. The first-order chi connectivity index (χ1) is 16.6. The minimum atomic E-state index is -0.873. The van der Waals surface area contributed by atoms with Crippen LogP contribution in [0.5, 0.6) is 0 Å². The van der Waals surface area contributed by atoms with Crippen LogP contribution in [0.3, 0.4) is 0 Å². The van der Waals surface area contributed by atoms with Crippen molar-refractivity contribution in [1.29, 1.82) is 0 Å². The second kappa shape index (κ2) is 10.7. The number of ether oxygens (including phenoxy) is 1. The van der Waals surface area contributed by atoms with Gasteiger partial charge in [0.1, 0.15) is 5.82 Å². The smallest absolute Gasteiger partial charge is 0.161 e. The van der Waals surface area contributed by atoms with E-state index in [2.05, 4.69) is 4.57 Å². The largest absolute Gasteiger partial charge is 0.379 e. The third-order valence-corrected chi connectivity index (χ3v) is 7.98. The highest BCUT2D eigenvalue weighted by Crippen LogP contribution is 2.39. The van der Waals surface area contributed by atoms with E-state index in [0.717, 1.165) is 25.0 Å². The zero-order valence-electron chi connectivity index (χ0n) is 19.6. The van der Waals surface area contributed by atoms with Crippen LogP contribution in [0.25, 0.3) is 22.4 Å². The molecule has 0 aliphatic heterocycles. The Morgan fingerprint density at radius 3 is 2.26 bits per heavy atom. The minimum Gasteiger partial charge on any atom is -0.379 e. The van der Waals surface area contributed by atoms with Gasteiger partial charge in [-0.25, -0.2) is 13.8 Å². The van der Waals surface area contributed by atoms with Crippen molar-refractivity contribution in [2.45, 2.75) is 70.3 Å². The first-order valence-corrected chi connectivity index (χ1v) is 13.2. The molecule has 1 atom stereocenters. The van der Waals surface area contributed by atoms with Crippen LogP contribution in [0.15, 0.2) is 36.4 Å². The first-order valence-electron chi connectivity index (χ1n) is 12.8. The highest BCUT2D eigenvalue weighted by Gasteiger charge is 2.30. The summed E-state index contributed by atoms with van der Waals surface area (Å²) in [6, 6.07) is 10.0. The molecule has 2 aromatic carbocycles. The van der Waals surface area contributed by atoms with Crippen LogP contribution >= 0.6 is 11.6 Å². The van der Waals surface area contributed by atoms with Crippen LogP contribution in [-0.4, -0.2) is 22.8 Å². The normalized spacial score (nSPS) is 19.0. The summed E-state index contributed by atoms with van der Waals surface area (Å²) in [6.07, 6.45) is 12.2. The summed E-state index contributed by atoms with van der Waals surface area (Å²) in [5, 5.41) is 0.642. The van der Waals surface area contributed by atoms with Gasteiger partial charge in [0.2, 0.25) is 0 Å². The highest BCUT2D eigenvalue weighted by atomic mass is 35.5. The SMILES string of the molecule is Fc1cc2nc(-c3ccc(Cl)cc3)n([C@H](COCC3CCCCC3)C3CCCCC3)c2cc1F. The predicted octanol–water partition coefficient (Wildman–Crippen LogP) is 8.35. The Morgan fingerprint density at radius 1 is 0.912 bits per heavy atom. The van der Waals surface area contributed by atoms with Gasteiger partial charge in [0.05, 0.1) is 23.7 Å². The van der Waals surface area contributed by atoms with E-state index in [-0.39, 0.29) is 6.04 Å². The molecule has 3 aromatic rings. The molecule has 0 radical (unpaired) electrons. The van der Waals surface area contributed by atoms with E-state index in [1.807, 2.05) is 24.3 Å². The molecule has 0 spiro atoms. The van der Waals surface area contributed by atoms with E-state index in [4.69, 9.17) is 21.3 Å². The van der Waals surface area contributed by atoms with Gasteiger partial charge in [-0.3, -0.25) is 0 Å². The lowest BCUT2D eigenvalue weighted by Crippen LogP contribution is -2.28. The number of imidazole rings is 1. The van der Waals surface area contributed by atoms with Crippen molar-refractivity contribution in [1.82, 2.24) is 9.55 Å². The van der Waals surface area contributed by atoms with E-state index in [1.54, 1.807) is 0 Å². The van der Waals surface area contributed by atoms with Crippen molar-refractivity contribution in [2.24, 2.45) is 11.8 Å². The van der Waals surface area contributed by atoms with Crippen LogP contribution < -0.4 is 0 Å². The maximum atomic E-state index is 14.4. The summed E-state index contributed by atoms with van der Waals surface area (Å²) in [7, 11) is 0. The predicted molar refractivity (Wildman–Crippen MR) is 133 cm³/mol. The van der Waals surface area contributed by atoms with Crippen LogP contribution in [0.1, 0.15) is 70.3 Å². The van der Waals surface area contributed by atoms with E-state index in [0.29, 0.717) is 40.3 Å². The fourth-order valence-corrected chi connectivity index (χ4v) is 6.00. The van der Waals surface area contributed by atoms with Crippen LogP contribution in [0.2, 0.25) is 5.02 Å². The van der Waals surface area contributed by atoms with Crippen LogP contribution in [-0.2, 0) is 4.74 Å². The van der Waals surface area contributed by atoms with Crippen LogP contribution in [0.4, 0.5) is 8.78 Å². The summed E-state index contributed by atoms with van der Waals surface area (Å²) in [4.78, 5) is 4.79. The van der Waals surface area contributed by atoms with E-state index in [9.17, 15) is 8.78 Å². The number of nitrogens with zero attached hydrogens (tertiary/aromatic N) is 2. The van der Waals surface area contributed by atoms with Crippen molar-refractivity contribution in [3.8, 4) is 11.4 Å². The standard InChI is InChI=1S/C28H33ClF2N2O/c29-22-13-11-21(12-14-22)28-32-25-15-23(30)24(31)16-26(25)33(28)27(20-9-5-2-6-10-20)18-34-17-19-7-3-1-4-8-19/h11-16,19-20,27H,1-10,17-18H2/t27-/m1/s1. The molecular weight excluding hydrogens is 454 g/mol. The molecule has 34 heavy (non-hydrogen) atoms. The molecule has 0 amide bonds. The lowest BCUT2D eigenvalue weighted by molar-refractivity contribution is 0.0434. The summed E-state index contributed by atoms with van der Waals surface area (Å²) < 4.78 is 37.1. The fourth-order valence-electron chi connectivity index (χ4n) is 5.88. The Kier molecular flexibility index (Phi) is 7.50. The second-order valence-electron chi connectivity index (χ2n) is 10.1. The van der Waals surface area contributed by atoms with Gasteiger partial charge >= 0.3 is 0 Å². The number of hydrogen-bond acceptors (Lipinski definition) is 2. The topological polar surface area (TPSA) is 27.1 Å². The van der Waals surface area contributed by atoms with Gasteiger partial charge in [0, 0.05) is 29.3 Å². The summed E-state index contributed by atoms with van der Waals surface area (Å²) in [5.74, 6) is 0.0390. The molecule has 0 bridgehead atoms. The van der Waals surface area contributed by atoms with Crippen molar-refractivity contribution in [3.63, 3.8) is 0 Å². The molecule has 1 heterocycles. The lowest BCUT2D eigenvalue weighted by Gasteiger charge is -2.33. The third-order valence-electron chi connectivity index (χ3n) is 7.73. The summed E-state index contributed by atoms with van der Waals surface area (Å²) >= 11 is 6.14. The Bertz CT molecular complexity index is 1100. The van der Waals surface area contributed by atoms with Gasteiger partial charge in [0.15, 0.2) is 11.6 Å². The number of benzene rings is 2. The average molecular weight is 487 g/mol. The molecule has 2 fully saturated rings. The fraction of sp³-hybridized carbons (Fsp3) is 0.536. The maximum absolute atomic E-state index is 14.4. The molecule has 0 N–H and O–H groups in total. The summed E-state index contributed by atoms with van der Waals surface area (Å²) in [5.41, 5.74) is 1.98. The molecule has 2 aliphatic carbocycles. The highest BCUT2D eigenvalue weighted by molar-refractivity contribution is 6.30. The maximum Gasteiger partial charge on any atom is 0.161 e. The van der Waals surface area contributed by atoms with Gasteiger partial charge in [-0.15, -0.1) is 0 Å². The van der Waals surface area contributed by atoms with E-state index >= 15 is 0 Å². The molecule has 1 aromatic heterocycles. The molecule has 3 nitrogen and oxygen atoms in total. The Hall–Kier alpha value is -1.98. The number of hydrogen-bond donors (Lipinski definition) is 0. The molecule has 2 aliphatic rings. The molecule has 6 heteroatoms. The number of fused-ring (bicyclic) bond motifs is 1. The molecule has 0 saturated heterocycles. The van der Waals surface area contributed by atoms with Gasteiger partial charge < -0.3 is 9.30 Å². The number of aromatic nitrogens is 2. The molecule has 5 rings (SSSR count). The van der Waals surface area contributed by atoms with Gasteiger partial charge in [-0.05, 0) is 61.8 Å². The molecule has 2 saturated carbocycles. The van der Waals surface area contributed by atoms with Gasteiger partial charge in [-0.1, -0.05) is 50.1 Å². The van der Waals surface area contributed by atoms with Crippen LogP contribution in [0, 0.1) is 23.5 Å². The van der Waals surface area contributed by atoms with Crippen molar-refractivity contribution < 1.29 is 13.5 Å². The summed E-state index contributed by atoms with van der Waals surface area (Å²) in [6.45, 7) is 1.33. The minimum absolute atomic E-state index is 0.0180. The quantitative estimate of drug-likeness (QED) is 0.335. The van der Waals surface area contributed by atoms with E-state index < -0.39 is 11.6 Å². The van der Waals surface area contributed by atoms with Crippen molar-refractivity contribution in [2.75, 3.05) is 13.2 Å². The number of rotatable bonds is 7. The zero-order chi connectivity index (χ0) is 23.5. The number of halogens is 3. The van der Waals surface area contributed by atoms with Gasteiger partial charge in [0.25, 0.3) is 0 Å². The Morgan fingerprint density at radius 2 is 1.56 bits per heavy atom. The Labute approximate surface area is 205 Å².